The second-order valence-corrected chi connectivity index (χ2v) is 7.32. The number of amides is 1. The van der Waals surface area contributed by atoms with Crippen molar-refractivity contribution in [1.29, 1.82) is 0 Å². The Hall–Kier alpha value is -3.67. The van der Waals surface area contributed by atoms with Crippen LogP contribution in [0.4, 0.5) is 5.69 Å². The van der Waals surface area contributed by atoms with Crippen LogP contribution in [0.3, 0.4) is 0 Å². The summed E-state index contributed by atoms with van der Waals surface area (Å²) >= 11 is 0. The van der Waals surface area contributed by atoms with Crippen LogP contribution in [-0.4, -0.2) is 20.7 Å². The number of benzene rings is 2. The molecule has 4 rings (SSSR count). The van der Waals surface area contributed by atoms with Crippen molar-refractivity contribution < 1.29 is 9.21 Å². The number of oxazole rings is 1. The smallest absolute Gasteiger partial charge is 0.255 e. The lowest BCUT2D eigenvalue weighted by atomic mass is 10.1. The number of rotatable bonds is 6. The molecule has 0 aliphatic rings. The first-order chi connectivity index (χ1) is 14.5. The molecule has 4 aromatic rings. The van der Waals surface area contributed by atoms with E-state index in [1.54, 1.807) is 0 Å². The number of hydrogen-bond acceptors (Lipinski definition) is 4. The minimum Gasteiger partial charge on any atom is -0.441 e. The first kappa shape index (κ1) is 19.6. The second kappa shape index (κ2) is 8.37. The molecule has 1 amide bonds. The fraction of sp³-hybridized carbons (Fsp3) is 0.208. The molecule has 0 fully saturated rings. The van der Waals surface area contributed by atoms with Crippen molar-refractivity contribution in [3.8, 4) is 11.5 Å². The van der Waals surface area contributed by atoms with Crippen LogP contribution in [0.25, 0.3) is 11.5 Å². The quantitative estimate of drug-likeness (QED) is 0.493. The minimum atomic E-state index is -0.130. The predicted molar refractivity (Wildman–Crippen MR) is 117 cm³/mol. The molecule has 0 aliphatic heterocycles. The molecule has 2 aromatic carbocycles. The molecule has 0 aliphatic carbocycles. The number of hydrogen-bond donors (Lipinski definition) is 1. The Kier molecular flexibility index (Phi) is 5.48. The Labute approximate surface area is 175 Å². The average Bonchev–Trinajstić information content (AvgIpc) is 3.34. The van der Waals surface area contributed by atoms with Crippen molar-refractivity contribution in [1.82, 2.24) is 14.8 Å². The van der Waals surface area contributed by atoms with Crippen molar-refractivity contribution in [3.05, 3.63) is 89.1 Å². The summed E-state index contributed by atoms with van der Waals surface area (Å²) in [5, 5.41) is 7.23. The molecule has 2 heterocycles. The fourth-order valence-corrected chi connectivity index (χ4v) is 3.20. The van der Waals surface area contributed by atoms with Gasteiger partial charge in [0, 0.05) is 23.0 Å². The zero-order chi connectivity index (χ0) is 21.1. The molecule has 0 saturated heterocycles. The van der Waals surface area contributed by atoms with Gasteiger partial charge in [0.25, 0.3) is 5.91 Å². The molecule has 152 valence electrons. The van der Waals surface area contributed by atoms with Crippen molar-refractivity contribution in [3.63, 3.8) is 0 Å². The molecule has 2 aromatic heterocycles. The van der Waals surface area contributed by atoms with Crippen LogP contribution >= 0.6 is 0 Å². The van der Waals surface area contributed by atoms with Crippen molar-refractivity contribution >= 4 is 11.6 Å². The molecule has 0 saturated carbocycles. The standard InChI is InChI=1S/C24H24N4O2/c1-4-18-5-7-19(8-6-18)23(29)26-21-11-9-20(10-12-21)24-27-22(17(3)30-24)15-28-14-16(2)13-25-28/h5-14H,4,15H2,1-3H3,(H,26,29). The van der Waals surface area contributed by atoms with E-state index in [0.29, 0.717) is 18.0 Å². The summed E-state index contributed by atoms with van der Waals surface area (Å²) in [5.74, 6) is 1.19. The molecule has 1 N–H and O–H groups in total. The Morgan fingerprint density at radius 3 is 2.43 bits per heavy atom. The third-order valence-corrected chi connectivity index (χ3v) is 4.98. The summed E-state index contributed by atoms with van der Waals surface area (Å²) in [4.78, 5) is 17.1. The highest BCUT2D eigenvalue weighted by Crippen LogP contribution is 2.24. The van der Waals surface area contributed by atoms with Crippen LogP contribution in [0.1, 0.15) is 39.9 Å². The number of carbonyl (C=O) groups is 1. The fourth-order valence-electron chi connectivity index (χ4n) is 3.20. The molecular formula is C24H24N4O2. The van der Waals surface area contributed by atoms with Gasteiger partial charge in [-0.05, 0) is 67.8 Å². The van der Waals surface area contributed by atoms with Crippen LogP contribution in [0.15, 0.2) is 65.3 Å². The number of nitrogens with zero attached hydrogens (tertiary/aromatic N) is 3. The molecule has 0 radical (unpaired) electrons. The molecular weight excluding hydrogens is 376 g/mol. The maximum atomic E-state index is 12.4. The first-order valence-electron chi connectivity index (χ1n) is 9.98. The number of carbonyl (C=O) groups excluding carboxylic acids is 1. The topological polar surface area (TPSA) is 73.0 Å². The summed E-state index contributed by atoms with van der Waals surface area (Å²) in [6.07, 6.45) is 4.75. The molecule has 0 atom stereocenters. The third kappa shape index (κ3) is 4.33. The van der Waals surface area contributed by atoms with Crippen LogP contribution in [0, 0.1) is 13.8 Å². The lowest BCUT2D eigenvalue weighted by Gasteiger charge is -2.06. The maximum absolute atomic E-state index is 12.4. The molecule has 6 heteroatoms. The van der Waals surface area contributed by atoms with Gasteiger partial charge in [0.1, 0.15) is 11.5 Å². The summed E-state index contributed by atoms with van der Waals surface area (Å²) in [6, 6.07) is 15.1. The van der Waals surface area contributed by atoms with E-state index in [0.717, 1.165) is 34.7 Å². The van der Waals surface area contributed by atoms with E-state index in [9.17, 15) is 4.79 Å². The summed E-state index contributed by atoms with van der Waals surface area (Å²) < 4.78 is 7.70. The number of aromatic nitrogens is 3. The van der Waals surface area contributed by atoms with Gasteiger partial charge >= 0.3 is 0 Å². The Bertz CT molecular complexity index is 1150. The Balaban J connectivity index is 1.45. The van der Waals surface area contributed by atoms with E-state index in [1.165, 1.54) is 5.56 Å². The van der Waals surface area contributed by atoms with Gasteiger partial charge in [-0.2, -0.15) is 5.10 Å². The third-order valence-electron chi connectivity index (χ3n) is 4.98. The molecule has 0 bridgehead atoms. The average molecular weight is 400 g/mol. The molecule has 0 unspecified atom stereocenters. The largest absolute Gasteiger partial charge is 0.441 e. The van der Waals surface area contributed by atoms with E-state index >= 15 is 0 Å². The highest BCUT2D eigenvalue weighted by molar-refractivity contribution is 6.04. The highest BCUT2D eigenvalue weighted by atomic mass is 16.4. The van der Waals surface area contributed by atoms with Gasteiger partial charge < -0.3 is 9.73 Å². The van der Waals surface area contributed by atoms with E-state index in [-0.39, 0.29) is 5.91 Å². The first-order valence-corrected chi connectivity index (χ1v) is 9.98. The van der Waals surface area contributed by atoms with Gasteiger partial charge in [0.05, 0.1) is 12.7 Å². The van der Waals surface area contributed by atoms with Gasteiger partial charge in [0.2, 0.25) is 5.89 Å². The maximum Gasteiger partial charge on any atom is 0.255 e. The number of anilines is 1. The van der Waals surface area contributed by atoms with Crippen molar-refractivity contribution in [2.24, 2.45) is 0 Å². The van der Waals surface area contributed by atoms with E-state index < -0.39 is 0 Å². The minimum absolute atomic E-state index is 0.130. The predicted octanol–water partition coefficient (Wildman–Crippen LogP) is 5.02. The van der Waals surface area contributed by atoms with E-state index in [2.05, 4.69) is 22.3 Å². The van der Waals surface area contributed by atoms with Crippen LogP contribution in [-0.2, 0) is 13.0 Å². The van der Waals surface area contributed by atoms with E-state index in [4.69, 9.17) is 4.42 Å². The van der Waals surface area contributed by atoms with Gasteiger partial charge in [-0.1, -0.05) is 19.1 Å². The molecule has 30 heavy (non-hydrogen) atoms. The van der Waals surface area contributed by atoms with Crippen LogP contribution in [0.2, 0.25) is 0 Å². The van der Waals surface area contributed by atoms with Gasteiger partial charge in [-0.3, -0.25) is 9.48 Å². The van der Waals surface area contributed by atoms with Gasteiger partial charge in [-0.25, -0.2) is 4.98 Å². The monoisotopic (exact) mass is 400 g/mol. The molecule has 6 nitrogen and oxygen atoms in total. The second-order valence-electron chi connectivity index (χ2n) is 7.32. The Morgan fingerprint density at radius 1 is 1.07 bits per heavy atom. The highest BCUT2D eigenvalue weighted by Gasteiger charge is 2.13. The SMILES string of the molecule is CCc1ccc(C(=O)Nc2ccc(-c3nc(Cn4cc(C)cn4)c(C)o3)cc2)cc1. The van der Waals surface area contributed by atoms with Crippen molar-refractivity contribution in [2.75, 3.05) is 5.32 Å². The number of nitrogens with one attached hydrogen (secondary N) is 1. The normalized spacial score (nSPS) is 10.9. The summed E-state index contributed by atoms with van der Waals surface area (Å²) in [7, 11) is 0. The summed E-state index contributed by atoms with van der Waals surface area (Å²) in [5.41, 5.74) is 5.37. The summed E-state index contributed by atoms with van der Waals surface area (Å²) in [6.45, 7) is 6.56. The van der Waals surface area contributed by atoms with Gasteiger partial charge in [0.15, 0.2) is 0 Å². The molecule has 0 spiro atoms. The lowest BCUT2D eigenvalue weighted by molar-refractivity contribution is 0.102. The number of aryl methyl sites for hydroxylation is 3. The van der Waals surface area contributed by atoms with Gasteiger partial charge in [-0.15, -0.1) is 0 Å². The lowest BCUT2D eigenvalue weighted by Crippen LogP contribution is -2.11. The van der Waals surface area contributed by atoms with Crippen LogP contribution in [0.5, 0.6) is 0 Å². The Morgan fingerprint density at radius 2 is 1.80 bits per heavy atom. The van der Waals surface area contributed by atoms with Crippen LogP contribution < -0.4 is 5.32 Å². The van der Waals surface area contributed by atoms with E-state index in [1.807, 2.05) is 79.5 Å². The zero-order valence-corrected chi connectivity index (χ0v) is 17.3. The zero-order valence-electron chi connectivity index (χ0n) is 17.3. The van der Waals surface area contributed by atoms with Crippen molar-refractivity contribution in [2.45, 2.75) is 33.7 Å².